The SMILES string of the molecule is CC(C)CC(C)n1c(=O)cc(Cl)[nH]c1=O. The Hall–Kier alpha value is -1.03. The molecule has 1 heterocycles. The van der Waals surface area contributed by atoms with Crippen LogP contribution in [0.1, 0.15) is 33.2 Å². The zero-order valence-corrected chi connectivity index (χ0v) is 9.84. The first-order chi connectivity index (χ1) is 6.91. The van der Waals surface area contributed by atoms with Gasteiger partial charge in [-0.05, 0) is 19.3 Å². The third kappa shape index (κ3) is 2.96. The topological polar surface area (TPSA) is 54.9 Å². The van der Waals surface area contributed by atoms with E-state index in [9.17, 15) is 9.59 Å². The molecule has 15 heavy (non-hydrogen) atoms. The lowest BCUT2D eigenvalue weighted by molar-refractivity contribution is 0.406. The van der Waals surface area contributed by atoms with Gasteiger partial charge in [0, 0.05) is 12.1 Å². The van der Waals surface area contributed by atoms with Crippen LogP contribution in [-0.2, 0) is 0 Å². The average molecular weight is 231 g/mol. The summed E-state index contributed by atoms with van der Waals surface area (Å²) in [4.78, 5) is 25.5. The van der Waals surface area contributed by atoms with Crippen molar-refractivity contribution in [2.45, 2.75) is 33.2 Å². The number of rotatable bonds is 3. The summed E-state index contributed by atoms with van der Waals surface area (Å²) >= 11 is 5.56. The minimum absolute atomic E-state index is 0.0815. The second-order valence-electron chi connectivity index (χ2n) is 4.11. The summed E-state index contributed by atoms with van der Waals surface area (Å²) in [5, 5.41) is 0.0815. The van der Waals surface area contributed by atoms with Gasteiger partial charge < -0.3 is 0 Å². The van der Waals surface area contributed by atoms with Crippen LogP contribution < -0.4 is 11.2 Å². The van der Waals surface area contributed by atoms with Crippen LogP contribution >= 0.6 is 11.6 Å². The highest BCUT2D eigenvalue weighted by molar-refractivity contribution is 6.29. The van der Waals surface area contributed by atoms with E-state index in [1.807, 2.05) is 20.8 Å². The molecule has 0 radical (unpaired) electrons. The first kappa shape index (κ1) is 12.0. The van der Waals surface area contributed by atoms with Crippen molar-refractivity contribution < 1.29 is 0 Å². The number of aromatic amines is 1. The molecule has 1 aromatic heterocycles. The molecule has 0 aliphatic heterocycles. The Morgan fingerprint density at radius 2 is 2.00 bits per heavy atom. The molecular formula is C10H15ClN2O2. The van der Waals surface area contributed by atoms with Crippen LogP contribution in [0, 0.1) is 5.92 Å². The predicted molar refractivity (Wildman–Crippen MR) is 60.5 cm³/mol. The van der Waals surface area contributed by atoms with Crippen molar-refractivity contribution in [2.75, 3.05) is 0 Å². The highest BCUT2D eigenvalue weighted by Crippen LogP contribution is 2.13. The van der Waals surface area contributed by atoms with E-state index in [0.29, 0.717) is 5.92 Å². The third-order valence-electron chi connectivity index (χ3n) is 2.19. The summed E-state index contributed by atoms with van der Waals surface area (Å²) < 4.78 is 1.20. The first-order valence-corrected chi connectivity index (χ1v) is 5.31. The third-order valence-corrected chi connectivity index (χ3v) is 2.39. The van der Waals surface area contributed by atoms with Crippen LogP contribution in [0.3, 0.4) is 0 Å². The van der Waals surface area contributed by atoms with E-state index in [2.05, 4.69) is 4.98 Å². The Morgan fingerprint density at radius 1 is 1.40 bits per heavy atom. The average Bonchev–Trinajstić information content (AvgIpc) is 1.99. The Labute approximate surface area is 92.9 Å². The van der Waals surface area contributed by atoms with Crippen LogP contribution in [0.4, 0.5) is 0 Å². The fourth-order valence-corrected chi connectivity index (χ4v) is 1.86. The number of halogens is 1. The van der Waals surface area contributed by atoms with Crippen LogP contribution in [0.5, 0.6) is 0 Å². The number of hydrogen-bond donors (Lipinski definition) is 1. The molecule has 1 N–H and O–H groups in total. The minimum atomic E-state index is -0.444. The molecule has 0 aliphatic carbocycles. The second-order valence-corrected chi connectivity index (χ2v) is 4.52. The highest BCUT2D eigenvalue weighted by atomic mass is 35.5. The number of nitrogens with zero attached hydrogens (tertiary/aromatic N) is 1. The van der Waals surface area contributed by atoms with Crippen LogP contribution in [0.15, 0.2) is 15.7 Å². The normalized spacial score (nSPS) is 13.1. The highest BCUT2D eigenvalue weighted by Gasteiger charge is 2.12. The summed E-state index contributed by atoms with van der Waals surface area (Å²) in [5.41, 5.74) is -0.794. The van der Waals surface area contributed by atoms with E-state index < -0.39 is 5.69 Å². The van der Waals surface area contributed by atoms with Gasteiger partial charge >= 0.3 is 5.69 Å². The van der Waals surface area contributed by atoms with Gasteiger partial charge in [0.15, 0.2) is 0 Å². The molecule has 0 fully saturated rings. The second kappa shape index (κ2) is 4.66. The standard InChI is InChI=1S/C10H15ClN2O2/c1-6(2)4-7(3)13-9(14)5-8(11)12-10(13)15/h5-7H,4H2,1-3H3,(H,12,15). The van der Waals surface area contributed by atoms with Gasteiger partial charge in [-0.25, -0.2) is 4.79 Å². The van der Waals surface area contributed by atoms with Crippen molar-refractivity contribution >= 4 is 11.6 Å². The van der Waals surface area contributed by atoms with Gasteiger partial charge in [-0.1, -0.05) is 25.4 Å². The lowest BCUT2D eigenvalue weighted by Crippen LogP contribution is -2.37. The molecule has 0 bridgehead atoms. The van der Waals surface area contributed by atoms with Crippen molar-refractivity contribution in [1.29, 1.82) is 0 Å². The van der Waals surface area contributed by atoms with E-state index in [0.717, 1.165) is 6.42 Å². The summed E-state index contributed by atoms with van der Waals surface area (Å²) in [6.07, 6.45) is 0.782. The molecule has 4 nitrogen and oxygen atoms in total. The molecule has 0 amide bonds. The van der Waals surface area contributed by atoms with Gasteiger partial charge in [0.1, 0.15) is 5.15 Å². The fraction of sp³-hybridized carbons (Fsp3) is 0.600. The van der Waals surface area contributed by atoms with Crippen LogP contribution in [0.25, 0.3) is 0 Å². The maximum Gasteiger partial charge on any atom is 0.329 e. The molecule has 5 heteroatoms. The lowest BCUT2D eigenvalue weighted by atomic mass is 10.1. The smallest absolute Gasteiger partial charge is 0.298 e. The lowest BCUT2D eigenvalue weighted by Gasteiger charge is -2.15. The molecule has 84 valence electrons. The minimum Gasteiger partial charge on any atom is -0.298 e. The number of aromatic nitrogens is 2. The fourth-order valence-electron chi connectivity index (χ4n) is 1.68. The molecular weight excluding hydrogens is 216 g/mol. The van der Waals surface area contributed by atoms with E-state index >= 15 is 0 Å². The summed E-state index contributed by atoms with van der Waals surface area (Å²) in [5.74, 6) is 0.432. The largest absolute Gasteiger partial charge is 0.329 e. The van der Waals surface area contributed by atoms with Gasteiger partial charge in [0.25, 0.3) is 5.56 Å². The summed E-state index contributed by atoms with van der Waals surface area (Å²) in [6, 6.07) is 1.11. The first-order valence-electron chi connectivity index (χ1n) is 4.93. The van der Waals surface area contributed by atoms with E-state index in [-0.39, 0.29) is 16.8 Å². The molecule has 1 aromatic rings. The number of nitrogens with one attached hydrogen (secondary N) is 1. The summed E-state index contributed by atoms with van der Waals surface area (Å²) in [7, 11) is 0. The van der Waals surface area contributed by atoms with Crippen molar-refractivity contribution in [3.05, 3.63) is 32.1 Å². The van der Waals surface area contributed by atoms with E-state index in [1.165, 1.54) is 10.6 Å². The maximum atomic E-state index is 11.5. The van der Waals surface area contributed by atoms with E-state index in [1.54, 1.807) is 0 Å². The van der Waals surface area contributed by atoms with Gasteiger partial charge in [-0.2, -0.15) is 0 Å². The molecule has 1 atom stereocenters. The van der Waals surface area contributed by atoms with Gasteiger partial charge in [0.2, 0.25) is 0 Å². The molecule has 1 unspecified atom stereocenters. The predicted octanol–water partition coefficient (Wildman–Crippen LogP) is 1.80. The summed E-state index contributed by atoms with van der Waals surface area (Å²) in [6.45, 7) is 5.95. The van der Waals surface area contributed by atoms with Gasteiger partial charge in [-0.15, -0.1) is 0 Å². The van der Waals surface area contributed by atoms with E-state index in [4.69, 9.17) is 11.6 Å². The van der Waals surface area contributed by atoms with Crippen LogP contribution in [0.2, 0.25) is 5.15 Å². The van der Waals surface area contributed by atoms with Crippen LogP contribution in [-0.4, -0.2) is 9.55 Å². The Balaban J connectivity index is 3.15. The molecule has 0 spiro atoms. The number of H-pyrrole nitrogens is 1. The molecule has 0 saturated carbocycles. The molecule has 0 aliphatic rings. The molecule has 1 rings (SSSR count). The maximum absolute atomic E-state index is 11.5. The van der Waals surface area contributed by atoms with Gasteiger partial charge in [0.05, 0.1) is 0 Å². The Bertz CT molecular complexity index is 416. The van der Waals surface area contributed by atoms with Crippen molar-refractivity contribution in [2.24, 2.45) is 5.92 Å². The number of hydrogen-bond acceptors (Lipinski definition) is 2. The quantitative estimate of drug-likeness (QED) is 0.805. The molecule has 0 aromatic carbocycles. The van der Waals surface area contributed by atoms with Gasteiger partial charge in [-0.3, -0.25) is 14.3 Å². The monoisotopic (exact) mass is 230 g/mol. The zero-order valence-electron chi connectivity index (χ0n) is 9.08. The Kier molecular flexibility index (Phi) is 3.74. The van der Waals surface area contributed by atoms with Crippen molar-refractivity contribution in [3.63, 3.8) is 0 Å². The van der Waals surface area contributed by atoms with Crippen molar-refractivity contribution in [1.82, 2.24) is 9.55 Å². The zero-order chi connectivity index (χ0) is 11.6. The van der Waals surface area contributed by atoms with Crippen molar-refractivity contribution in [3.8, 4) is 0 Å². The molecule has 0 saturated heterocycles. The Morgan fingerprint density at radius 3 is 2.47 bits per heavy atom.